The fourth-order valence-electron chi connectivity index (χ4n) is 8.44. The predicted octanol–water partition coefficient (Wildman–Crippen LogP) is 3.50. The van der Waals surface area contributed by atoms with Gasteiger partial charge in [-0.3, -0.25) is 19.1 Å². The molecule has 0 saturated carbocycles. The molecule has 0 radical (unpaired) electrons. The van der Waals surface area contributed by atoms with Gasteiger partial charge in [-0.05, 0) is 68.3 Å². The smallest absolute Gasteiger partial charge is 0.264 e. The molecule has 3 fully saturated rings. The summed E-state index contributed by atoms with van der Waals surface area (Å²) < 4.78 is 8.75. The molecule has 2 N–H and O–H groups in total. The topological polar surface area (TPSA) is 141 Å². The highest BCUT2D eigenvalue weighted by Crippen LogP contribution is 2.60. The summed E-state index contributed by atoms with van der Waals surface area (Å²) in [5.74, 6) is -0.375. The summed E-state index contributed by atoms with van der Waals surface area (Å²) in [6.45, 7) is 7.87. The Hall–Kier alpha value is -3.91. The maximum atomic E-state index is 15.0. The Morgan fingerprint density at radius 2 is 1.71 bits per heavy atom. The Balaban J connectivity index is 1.26. The SMILES string of the molecule is C[C@H]1[C@H]([Si](C)(C)O)[C@@H](CCn2cc(CCO)nn2)O[C@]12C(=O)N(Cc1cccc(N3CCCC3=O)c1)c1ccc(N3CCCC3=O)cc12. The lowest BCUT2D eigenvalue weighted by Gasteiger charge is -2.32. The van der Waals surface area contributed by atoms with Crippen LogP contribution in [-0.2, 0) is 44.2 Å². The molecular weight excluding hydrogens is 629 g/mol. The third-order valence-corrected chi connectivity index (χ3v) is 13.1. The van der Waals surface area contributed by atoms with Crippen LogP contribution >= 0.6 is 0 Å². The van der Waals surface area contributed by atoms with Crippen LogP contribution in [0.1, 0.15) is 55.8 Å². The van der Waals surface area contributed by atoms with Gasteiger partial charge in [-0.2, -0.15) is 0 Å². The average molecular weight is 673 g/mol. The van der Waals surface area contributed by atoms with E-state index in [1.807, 2.05) is 68.7 Å². The van der Waals surface area contributed by atoms with Gasteiger partial charge in [0, 0.05) is 80.1 Å². The van der Waals surface area contributed by atoms with E-state index in [0.29, 0.717) is 51.0 Å². The lowest BCUT2D eigenvalue weighted by atomic mass is 9.82. The lowest BCUT2D eigenvalue weighted by molar-refractivity contribution is -0.146. The molecule has 0 aliphatic carbocycles. The minimum Gasteiger partial charge on any atom is -0.432 e. The number of hydrogen-bond acceptors (Lipinski definition) is 8. The number of aryl methyl sites for hydroxylation is 1. The van der Waals surface area contributed by atoms with E-state index in [2.05, 4.69) is 10.3 Å². The van der Waals surface area contributed by atoms with Crippen LogP contribution in [0.5, 0.6) is 0 Å². The molecule has 1 aromatic heterocycles. The van der Waals surface area contributed by atoms with E-state index < -0.39 is 20.0 Å². The molecule has 4 atom stereocenters. The molecule has 3 saturated heterocycles. The molecule has 1 spiro atoms. The van der Waals surface area contributed by atoms with Gasteiger partial charge in [-0.1, -0.05) is 24.3 Å². The minimum atomic E-state index is -2.89. The van der Waals surface area contributed by atoms with Crippen molar-refractivity contribution in [3.05, 3.63) is 65.5 Å². The zero-order valence-electron chi connectivity index (χ0n) is 27.8. The van der Waals surface area contributed by atoms with E-state index in [1.165, 1.54) is 0 Å². The van der Waals surface area contributed by atoms with Gasteiger partial charge in [0.25, 0.3) is 5.91 Å². The van der Waals surface area contributed by atoms with Gasteiger partial charge in [0.1, 0.15) is 0 Å². The molecule has 13 heteroatoms. The first-order chi connectivity index (χ1) is 23.0. The van der Waals surface area contributed by atoms with Crippen molar-refractivity contribution < 1.29 is 29.0 Å². The maximum absolute atomic E-state index is 15.0. The van der Waals surface area contributed by atoms with Crippen molar-refractivity contribution in [2.75, 3.05) is 34.4 Å². The normalized spacial score (nSPS) is 25.7. The molecule has 4 aliphatic heterocycles. The van der Waals surface area contributed by atoms with Crippen molar-refractivity contribution in [2.24, 2.45) is 5.92 Å². The largest absolute Gasteiger partial charge is 0.432 e. The quantitative estimate of drug-likeness (QED) is 0.312. The second-order valence-electron chi connectivity index (χ2n) is 14.2. The molecule has 12 nitrogen and oxygen atoms in total. The van der Waals surface area contributed by atoms with Crippen LogP contribution < -0.4 is 14.7 Å². The summed E-state index contributed by atoms with van der Waals surface area (Å²) in [5, 5.41) is 17.7. The zero-order chi connectivity index (χ0) is 33.8. The van der Waals surface area contributed by atoms with E-state index >= 15 is 0 Å². The van der Waals surface area contributed by atoms with Crippen LogP contribution in [0.3, 0.4) is 0 Å². The van der Waals surface area contributed by atoms with E-state index in [1.54, 1.807) is 19.4 Å². The van der Waals surface area contributed by atoms with Gasteiger partial charge in [0.2, 0.25) is 11.8 Å². The van der Waals surface area contributed by atoms with Crippen molar-refractivity contribution in [1.82, 2.24) is 15.0 Å². The van der Waals surface area contributed by atoms with Crippen LogP contribution in [0.2, 0.25) is 18.6 Å². The second kappa shape index (κ2) is 12.5. The standard InChI is InChI=1S/C35H44N6O6Si/c1-23-33(48(2,3)46)30(13-17-38-22-25(14-18-42)36-37-38)47-35(23)28-20-27(40-16-6-10-32(40)44)11-12-29(28)41(34(35)45)21-24-7-4-8-26(19-24)39-15-5-9-31(39)43/h4,7-8,11-12,19-20,22-23,30,33,42,46H,5-6,9-10,13-18,21H2,1-3H3/t23-,30+,33-,35+/m0/s1. The molecule has 0 unspecified atom stereocenters. The number of carbonyl (C=O) groups is 3. The van der Waals surface area contributed by atoms with Crippen LogP contribution in [0, 0.1) is 5.92 Å². The van der Waals surface area contributed by atoms with Crippen LogP contribution in [0.25, 0.3) is 0 Å². The van der Waals surface area contributed by atoms with Crippen LogP contribution in [0.4, 0.5) is 17.1 Å². The zero-order valence-corrected chi connectivity index (χ0v) is 28.8. The summed E-state index contributed by atoms with van der Waals surface area (Å²) in [6, 6.07) is 13.6. The fourth-order valence-corrected chi connectivity index (χ4v) is 11.0. The van der Waals surface area contributed by atoms with E-state index in [4.69, 9.17) is 4.74 Å². The monoisotopic (exact) mass is 672 g/mol. The van der Waals surface area contributed by atoms with Crippen LogP contribution in [-0.4, -0.2) is 76.7 Å². The first-order valence-corrected chi connectivity index (χ1v) is 20.1. The average Bonchev–Trinajstić information content (AvgIpc) is 3.87. The summed E-state index contributed by atoms with van der Waals surface area (Å²) in [7, 11) is -2.89. The molecular formula is C35H44N6O6Si. The number of ether oxygens (including phenoxy) is 1. The number of aliphatic hydroxyl groups is 1. The summed E-state index contributed by atoms with van der Waals surface area (Å²) in [5.41, 5.74) is 2.98. The number of anilines is 3. The Morgan fingerprint density at radius 1 is 1.00 bits per heavy atom. The molecule has 48 heavy (non-hydrogen) atoms. The number of amides is 3. The molecule has 2 aromatic carbocycles. The van der Waals surface area contributed by atoms with E-state index in [-0.39, 0.29) is 42.3 Å². The van der Waals surface area contributed by atoms with E-state index in [0.717, 1.165) is 41.0 Å². The molecule has 5 heterocycles. The maximum Gasteiger partial charge on any atom is 0.264 e. The van der Waals surface area contributed by atoms with Crippen molar-refractivity contribution in [3.8, 4) is 0 Å². The molecule has 4 aliphatic rings. The fraction of sp³-hybridized carbons (Fsp3) is 0.514. The van der Waals surface area contributed by atoms with Crippen molar-refractivity contribution >= 4 is 43.1 Å². The summed E-state index contributed by atoms with van der Waals surface area (Å²) in [6.07, 6.45) is 4.94. The van der Waals surface area contributed by atoms with Gasteiger partial charge in [-0.25, -0.2) is 0 Å². The van der Waals surface area contributed by atoms with Gasteiger partial charge < -0.3 is 29.3 Å². The molecule has 7 rings (SSSR count). The predicted molar refractivity (Wildman–Crippen MR) is 182 cm³/mol. The highest BCUT2D eigenvalue weighted by Gasteiger charge is 2.66. The number of nitrogens with zero attached hydrogens (tertiary/aromatic N) is 6. The number of aliphatic hydroxyl groups excluding tert-OH is 1. The van der Waals surface area contributed by atoms with Gasteiger partial charge in [0.15, 0.2) is 13.9 Å². The number of carbonyl (C=O) groups excluding carboxylic acids is 3. The number of hydrogen-bond donors (Lipinski definition) is 2. The highest BCUT2D eigenvalue weighted by molar-refractivity contribution is 6.71. The van der Waals surface area contributed by atoms with Crippen LogP contribution in [0.15, 0.2) is 48.7 Å². The number of benzene rings is 2. The summed E-state index contributed by atoms with van der Waals surface area (Å²) >= 11 is 0. The second-order valence-corrected chi connectivity index (χ2v) is 18.1. The Kier molecular flexibility index (Phi) is 8.51. The van der Waals surface area contributed by atoms with Crippen molar-refractivity contribution in [1.29, 1.82) is 0 Å². The first kappa shape index (κ1) is 32.6. The highest BCUT2D eigenvalue weighted by atomic mass is 28.4. The minimum absolute atomic E-state index is 0.0133. The summed E-state index contributed by atoms with van der Waals surface area (Å²) in [4.78, 5) is 57.4. The molecule has 3 aromatic rings. The Bertz CT molecular complexity index is 1740. The van der Waals surface area contributed by atoms with Crippen molar-refractivity contribution in [3.63, 3.8) is 0 Å². The number of fused-ring (bicyclic) bond motifs is 2. The van der Waals surface area contributed by atoms with Gasteiger partial charge in [-0.15, -0.1) is 5.10 Å². The third-order valence-electron chi connectivity index (χ3n) is 10.6. The Morgan fingerprint density at radius 3 is 2.35 bits per heavy atom. The molecule has 254 valence electrons. The van der Waals surface area contributed by atoms with Gasteiger partial charge in [0.05, 0.1) is 24.0 Å². The van der Waals surface area contributed by atoms with Gasteiger partial charge >= 0.3 is 0 Å². The first-order valence-electron chi connectivity index (χ1n) is 17.1. The number of rotatable bonds is 10. The Labute approximate surface area is 281 Å². The third kappa shape index (κ3) is 5.56. The van der Waals surface area contributed by atoms with Crippen molar-refractivity contribution in [2.45, 2.75) is 88.9 Å². The lowest BCUT2D eigenvalue weighted by Crippen LogP contribution is -2.46. The number of aromatic nitrogens is 3. The molecule has 0 bridgehead atoms. The molecule has 3 amide bonds. The van der Waals surface area contributed by atoms with E-state index in [9.17, 15) is 24.3 Å².